The number of H-pyrrole nitrogens is 2. The first-order valence-corrected chi connectivity index (χ1v) is 11.9. The van der Waals surface area contributed by atoms with E-state index in [1.165, 1.54) is 17.7 Å². The van der Waals surface area contributed by atoms with E-state index in [9.17, 15) is 4.79 Å². The molecular formula is C26H34N4O2. The molecule has 6 nitrogen and oxygen atoms in total. The van der Waals surface area contributed by atoms with Crippen molar-refractivity contribution in [2.24, 2.45) is 17.3 Å². The van der Waals surface area contributed by atoms with Crippen LogP contribution in [0.4, 0.5) is 5.69 Å². The van der Waals surface area contributed by atoms with E-state index < -0.39 is 0 Å². The number of carbonyl (C=O) groups excluding carboxylic acids is 1. The minimum absolute atomic E-state index is 0.00127. The molecule has 6 heteroatoms. The highest BCUT2D eigenvalue weighted by Gasteiger charge is 2.30. The SMILES string of the molecule is CC(C(=O)N(C)c1ccc2cc(-c3n[nH]c4c3CCC(C)(C)C4)[nH]c2c1)C1CCOCC1. The molecule has 0 radical (unpaired) electrons. The van der Waals surface area contributed by atoms with Crippen molar-refractivity contribution in [3.8, 4) is 11.4 Å². The lowest BCUT2D eigenvalue weighted by molar-refractivity contribution is -0.124. The number of anilines is 1. The van der Waals surface area contributed by atoms with E-state index in [1.54, 1.807) is 4.90 Å². The zero-order valence-electron chi connectivity index (χ0n) is 19.6. The standard InChI is InChI=1S/C26H34N4O2/c1-16(17-8-11-32-12-9-17)25(31)30(4)19-6-5-18-13-22(27-21(18)14-19)24-20-7-10-26(2,3)15-23(20)28-29-24/h5-6,13-14,16-17,27H,7-12,15H2,1-4H3,(H,28,29). The largest absolute Gasteiger partial charge is 0.381 e. The molecule has 0 saturated carbocycles. The van der Waals surface area contributed by atoms with Crippen molar-refractivity contribution < 1.29 is 9.53 Å². The maximum atomic E-state index is 13.1. The van der Waals surface area contributed by atoms with Gasteiger partial charge in [-0.2, -0.15) is 5.10 Å². The molecule has 5 rings (SSSR count). The molecule has 1 atom stereocenters. The minimum Gasteiger partial charge on any atom is -0.381 e. The highest BCUT2D eigenvalue weighted by atomic mass is 16.5. The molecule has 2 aliphatic rings. The number of amides is 1. The molecule has 1 aliphatic carbocycles. The summed E-state index contributed by atoms with van der Waals surface area (Å²) in [5, 5.41) is 9.07. The Labute approximate surface area is 189 Å². The zero-order chi connectivity index (χ0) is 22.5. The van der Waals surface area contributed by atoms with E-state index in [2.05, 4.69) is 54.2 Å². The lowest BCUT2D eigenvalue weighted by Gasteiger charge is -2.30. The summed E-state index contributed by atoms with van der Waals surface area (Å²) in [7, 11) is 1.88. The van der Waals surface area contributed by atoms with Crippen molar-refractivity contribution in [2.75, 3.05) is 25.2 Å². The Morgan fingerprint density at radius 1 is 1.25 bits per heavy atom. The number of hydrogen-bond acceptors (Lipinski definition) is 3. The van der Waals surface area contributed by atoms with Gasteiger partial charge in [0.25, 0.3) is 0 Å². The molecule has 1 aliphatic heterocycles. The number of nitrogens with zero attached hydrogens (tertiary/aromatic N) is 2. The van der Waals surface area contributed by atoms with Gasteiger partial charge in [-0.3, -0.25) is 9.89 Å². The van der Waals surface area contributed by atoms with E-state index in [0.29, 0.717) is 11.3 Å². The molecule has 1 aromatic carbocycles. The van der Waals surface area contributed by atoms with Crippen molar-refractivity contribution in [3.63, 3.8) is 0 Å². The van der Waals surface area contributed by atoms with Crippen LogP contribution in [0.3, 0.4) is 0 Å². The molecule has 0 bridgehead atoms. The zero-order valence-corrected chi connectivity index (χ0v) is 19.6. The Morgan fingerprint density at radius 3 is 2.81 bits per heavy atom. The summed E-state index contributed by atoms with van der Waals surface area (Å²) in [4.78, 5) is 18.5. The Morgan fingerprint density at radius 2 is 2.03 bits per heavy atom. The second-order valence-electron chi connectivity index (χ2n) is 10.5. The van der Waals surface area contributed by atoms with Crippen molar-refractivity contribution in [3.05, 3.63) is 35.5 Å². The number of ether oxygens (including phenoxy) is 1. The van der Waals surface area contributed by atoms with Crippen LogP contribution in [0, 0.1) is 17.3 Å². The van der Waals surface area contributed by atoms with Crippen molar-refractivity contribution in [1.82, 2.24) is 15.2 Å². The average Bonchev–Trinajstić information content (AvgIpc) is 3.40. The molecule has 2 N–H and O–H groups in total. The summed E-state index contributed by atoms with van der Waals surface area (Å²) < 4.78 is 5.46. The summed E-state index contributed by atoms with van der Waals surface area (Å²) >= 11 is 0. The van der Waals surface area contributed by atoms with Gasteiger partial charge in [0.2, 0.25) is 5.91 Å². The van der Waals surface area contributed by atoms with Gasteiger partial charge in [-0.05, 0) is 61.6 Å². The van der Waals surface area contributed by atoms with Gasteiger partial charge in [0.15, 0.2) is 0 Å². The maximum Gasteiger partial charge on any atom is 0.229 e. The lowest BCUT2D eigenvalue weighted by atomic mass is 9.76. The molecule has 1 fully saturated rings. The van der Waals surface area contributed by atoms with Crippen LogP contribution in [0.2, 0.25) is 0 Å². The monoisotopic (exact) mass is 434 g/mol. The average molecular weight is 435 g/mol. The first-order chi connectivity index (χ1) is 15.3. The second-order valence-corrected chi connectivity index (χ2v) is 10.5. The quantitative estimate of drug-likeness (QED) is 0.600. The molecule has 1 unspecified atom stereocenters. The van der Waals surface area contributed by atoms with E-state index in [0.717, 1.165) is 66.9 Å². The number of hydrogen-bond donors (Lipinski definition) is 2. The normalized spacial score (nSPS) is 19.6. The molecule has 3 heterocycles. The fourth-order valence-corrected chi connectivity index (χ4v) is 5.37. The van der Waals surface area contributed by atoms with Crippen LogP contribution in [0.5, 0.6) is 0 Å². The van der Waals surface area contributed by atoms with E-state index >= 15 is 0 Å². The van der Waals surface area contributed by atoms with Crippen LogP contribution in [-0.2, 0) is 22.4 Å². The lowest BCUT2D eigenvalue weighted by Crippen LogP contribution is -2.37. The van der Waals surface area contributed by atoms with Crippen molar-refractivity contribution >= 4 is 22.5 Å². The fourth-order valence-electron chi connectivity index (χ4n) is 5.37. The van der Waals surface area contributed by atoms with Gasteiger partial charge in [0.05, 0.1) is 5.69 Å². The van der Waals surface area contributed by atoms with Gasteiger partial charge < -0.3 is 14.6 Å². The number of fused-ring (bicyclic) bond motifs is 2. The molecule has 1 amide bonds. The molecule has 2 aromatic heterocycles. The summed E-state index contributed by atoms with van der Waals surface area (Å²) in [6.45, 7) is 8.22. The number of aromatic amines is 2. The predicted octanol–water partition coefficient (Wildman–Crippen LogP) is 5.10. The summed E-state index contributed by atoms with van der Waals surface area (Å²) in [5.41, 5.74) is 6.95. The Hall–Kier alpha value is -2.60. The van der Waals surface area contributed by atoms with Crippen LogP contribution >= 0.6 is 0 Å². The van der Waals surface area contributed by atoms with Gasteiger partial charge >= 0.3 is 0 Å². The van der Waals surface area contributed by atoms with E-state index in [4.69, 9.17) is 4.74 Å². The summed E-state index contributed by atoms with van der Waals surface area (Å²) in [6, 6.07) is 8.38. The van der Waals surface area contributed by atoms with Crippen molar-refractivity contribution in [2.45, 2.75) is 52.9 Å². The second kappa shape index (κ2) is 8.07. The number of carbonyl (C=O) groups is 1. The van der Waals surface area contributed by atoms with E-state index in [-0.39, 0.29) is 11.8 Å². The van der Waals surface area contributed by atoms with Gasteiger partial charge in [0.1, 0.15) is 5.69 Å². The van der Waals surface area contributed by atoms with Gasteiger partial charge in [-0.15, -0.1) is 0 Å². The highest BCUT2D eigenvalue weighted by molar-refractivity contribution is 5.97. The van der Waals surface area contributed by atoms with Gasteiger partial charge in [0, 0.05) is 54.0 Å². The third kappa shape index (κ3) is 3.85. The maximum absolute atomic E-state index is 13.1. The molecule has 1 saturated heterocycles. The number of nitrogens with one attached hydrogen (secondary N) is 2. The van der Waals surface area contributed by atoms with Crippen LogP contribution in [0.15, 0.2) is 24.3 Å². The van der Waals surface area contributed by atoms with Gasteiger partial charge in [-0.1, -0.05) is 26.8 Å². The molecule has 0 spiro atoms. The molecule has 170 valence electrons. The van der Waals surface area contributed by atoms with Gasteiger partial charge in [-0.25, -0.2) is 0 Å². The Bertz CT molecular complexity index is 1140. The third-order valence-corrected chi connectivity index (χ3v) is 7.60. The van der Waals surface area contributed by atoms with Crippen LogP contribution < -0.4 is 4.90 Å². The smallest absolute Gasteiger partial charge is 0.229 e. The van der Waals surface area contributed by atoms with Crippen LogP contribution in [0.25, 0.3) is 22.3 Å². The third-order valence-electron chi connectivity index (χ3n) is 7.60. The summed E-state index contributed by atoms with van der Waals surface area (Å²) in [6.07, 6.45) is 5.19. The van der Waals surface area contributed by atoms with Crippen LogP contribution in [-0.4, -0.2) is 41.3 Å². The Kier molecular flexibility index (Phi) is 5.36. The van der Waals surface area contributed by atoms with E-state index in [1.807, 2.05) is 13.1 Å². The predicted molar refractivity (Wildman–Crippen MR) is 128 cm³/mol. The summed E-state index contributed by atoms with van der Waals surface area (Å²) in [5.74, 6) is 0.570. The first-order valence-electron chi connectivity index (χ1n) is 11.9. The minimum atomic E-state index is -0.00127. The molecule has 32 heavy (non-hydrogen) atoms. The van der Waals surface area contributed by atoms with Crippen LogP contribution in [0.1, 0.15) is 51.3 Å². The Balaban J connectivity index is 1.39. The number of aromatic nitrogens is 3. The molecular weight excluding hydrogens is 400 g/mol. The van der Waals surface area contributed by atoms with Crippen molar-refractivity contribution in [1.29, 1.82) is 0 Å². The molecule has 3 aromatic rings. The highest BCUT2D eigenvalue weighted by Crippen LogP contribution is 2.38. The number of rotatable bonds is 4. The topological polar surface area (TPSA) is 74.0 Å². The fraction of sp³-hybridized carbons (Fsp3) is 0.538. The first kappa shape index (κ1) is 21.3. The number of benzene rings is 1.